The van der Waals surface area contributed by atoms with Crippen molar-refractivity contribution in [2.45, 2.75) is 45.6 Å². The smallest absolute Gasteiger partial charge is 0.0457 e. The summed E-state index contributed by atoms with van der Waals surface area (Å²) in [7, 11) is 2.01. The van der Waals surface area contributed by atoms with E-state index in [0.717, 1.165) is 0 Å². The van der Waals surface area contributed by atoms with Gasteiger partial charge >= 0.3 is 0 Å². The molecule has 0 saturated carbocycles. The Bertz CT molecular complexity index is 556. The average molecular weight is 244 g/mol. The molecule has 0 aliphatic rings. The lowest BCUT2D eigenvalue weighted by Gasteiger charge is -2.24. The van der Waals surface area contributed by atoms with Crippen LogP contribution >= 0.6 is 0 Å². The number of fused-ring (bicyclic) bond motifs is 1. The molecular weight excluding hydrogens is 220 g/mol. The Morgan fingerprint density at radius 1 is 1.06 bits per heavy atom. The van der Waals surface area contributed by atoms with Crippen LogP contribution in [0.15, 0.2) is 24.4 Å². The standard InChI is InChI=1S/C16H24N2/c1-15(2,3)11-7-8-14-12(9-11)13(10-18-14)16(4,5)17-6/h7-10,17-18H,1-6H3. The molecule has 2 aromatic rings. The molecule has 0 atom stereocenters. The number of H-pyrrole nitrogens is 1. The first-order valence-corrected chi connectivity index (χ1v) is 6.57. The van der Waals surface area contributed by atoms with Gasteiger partial charge in [0, 0.05) is 22.6 Å². The van der Waals surface area contributed by atoms with Crippen LogP contribution in [-0.4, -0.2) is 12.0 Å². The topological polar surface area (TPSA) is 27.8 Å². The zero-order chi connectivity index (χ0) is 13.6. The maximum Gasteiger partial charge on any atom is 0.0457 e. The molecule has 0 saturated heterocycles. The van der Waals surface area contributed by atoms with Gasteiger partial charge in [0.05, 0.1) is 0 Å². The normalized spacial score (nSPS) is 13.2. The molecule has 0 unspecified atom stereocenters. The fourth-order valence-electron chi connectivity index (χ4n) is 2.24. The molecule has 1 aromatic carbocycles. The highest BCUT2D eigenvalue weighted by molar-refractivity contribution is 5.85. The monoisotopic (exact) mass is 244 g/mol. The molecule has 2 rings (SSSR count). The summed E-state index contributed by atoms with van der Waals surface area (Å²) in [5.74, 6) is 0. The zero-order valence-electron chi connectivity index (χ0n) is 12.3. The average Bonchev–Trinajstić information content (AvgIpc) is 2.71. The quantitative estimate of drug-likeness (QED) is 0.823. The van der Waals surface area contributed by atoms with Crippen molar-refractivity contribution in [1.82, 2.24) is 10.3 Å². The first-order chi connectivity index (χ1) is 8.25. The van der Waals surface area contributed by atoms with E-state index < -0.39 is 0 Å². The largest absolute Gasteiger partial charge is 0.361 e. The van der Waals surface area contributed by atoms with Gasteiger partial charge in [0.15, 0.2) is 0 Å². The summed E-state index contributed by atoms with van der Waals surface area (Å²) in [4.78, 5) is 3.37. The molecule has 1 heterocycles. The molecule has 18 heavy (non-hydrogen) atoms. The molecular formula is C16H24N2. The first kappa shape index (κ1) is 13.2. The van der Waals surface area contributed by atoms with Crippen LogP contribution in [0.3, 0.4) is 0 Å². The van der Waals surface area contributed by atoms with Crippen molar-refractivity contribution in [3.8, 4) is 0 Å². The summed E-state index contributed by atoms with van der Waals surface area (Å²) in [6.45, 7) is 11.2. The van der Waals surface area contributed by atoms with E-state index in [1.165, 1.54) is 22.0 Å². The van der Waals surface area contributed by atoms with Crippen LogP contribution in [0.5, 0.6) is 0 Å². The number of rotatable bonds is 2. The molecule has 0 bridgehead atoms. The summed E-state index contributed by atoms with van der Waals surface area (Å²) in [5.41, 5.74) is 4.08. The Labute approximate surface area is 110 Å². The van der Waals surface area contributed by atoms with E-state index in [2.05, 4.69) is 69.3 Å². The summed E-state index contributed by atoms with van der Waals surface area (Å²) in [5, 5.41) is 4.70. The second-order valence-corrected chi connectivity index (χ2v) is 6.59. The molecule has 0 aliphatic heterocycles. The van der Waals surface area contributed by atoms with Crippen LogP contribution < -0.4 is 5.32 Å². The van der Waals surface area contributed by atoms with Crippen LogP contribution in [0.4, 0.5) is 0 Å². The van der Waals surface area contributed by atoms with Gasteiger partial charge in [-0.1, -0.05) is 26.8 Å². The molecule has 2 nitrogen and oxygen atoms in total. The van der Waals surface area contributed by atoms with Crippen molar-refractivity contribution >= 4 is 10.9 Å². The minimum absolute atomic E-state index is 0.0191. The number of nitrogens with one attached hydrogen (secondary N) is 2. The minimum atomic E-state index is -0.0191. The number of hydrogen-bond acceptors (Lipinski definition) is 1. The van der Waals surface area contributed by atoms with Crippen LogP contribution in [-0.2, 0) is 11.0 Å². The zero-order valence-corrected chi connectivity index (χ0v) is 12.3. The molecule has 1 aromatic heterocycles. The lowest BCUT2D eigenvalue weighted by atomic mass is 9.85. The molecule has 0 fully saturated rings. The highest BCUT2D eigenvalue weighted by Crippen LogP contribution is 2.32. The maximum absolute atomic E-state index is 3.37. The molecule has 0 amide bonds. The SMILES string of the molecule is CNC(C)(C)c1c[nH]c2ccc(C(C)(C)C)cc12. The summed E-state index contributed by atoms with van der Waals surface area (Å²) in [6.07, 6.45) is 2.12. The van der Waals surface area contributed by atoms with E-state index in [4.69, 9.17) is 0 Å². The van der Waals surface area contributed by atoms with Crippen LogP contribution in [0.1, 0.15) is 45.7 Å². The Hall–Kier alpha value is -1.28. The van der Waals surface area contributed by atoms with E-state index in [1.807, 2.05) is 7.05 Å². The van der Waals surface area contributed by atoms with Crippen molar-refractivity contribution in [2.75, 3.05) is 7.05 Å². The molecule has 0 spiro atoms. The Morgan fingerprint density at radius 3 is 2.28 bits per heavy atom. The second-order valence-electron chi connectivity index (χ2n) is 6.59. The van der Waals surface area contributed by atoms with Gasteiger partial charge in [-0.2, -0.15) is 0 Å². The molecule has 0 aliphatic carbocycles. The van der Waals surface area contributed by atoms with Crippen LogP contribution in [0, 0.1) is 0 Å². The van der Waals surface area contributed by atoms with E-state index >= 15 is 0 Å². The predicted octanol–water partition coefficient (Wildman–Crippen LogP) is 3.92. The summed E-state index contributed by atoms with van der Waals surface area (Å²) in [6, 6.07) is 6.72. The fourth-order valence-corrected chi connectivity index (χ4v) is 2.24. The van der Waals surface area contributed by atoms with Crippen LogP contribution in [0.2, 0.25) is 0 Å². The first-order valence-electron chi connectivity index (χ1n) is 6.57. The Morgan fingerprint density at radius 2 is 1.72 bits per heavy atom. The van der Waals surface area contributed by atoms with Crippen LogP contribution in [0.25, 0.3) is 10.9 Å². The molecule has 98 valence electrons. The summed E-state index contributed by atoms with van der Waals surface area (Å²) >= 11 is 0. The van der Waals surface area contributed by atoms with E-state index in [-0.39, 0.29) is 11.0 Å². The number of aromatic amines is 1. The molecule has 0 radical (unpaired) electrons. The second kappa shape index (κ2) is 4.13. The minimum Gasteiger partial charge on any atom is -0.361 e. The van der Waals surface area contributed by atoms with Gasteiger partial charge in [-0.15, -0.1) is 0 Å². The van der Waals surface area contributed by atoms with Crippen molar-refractivity contribution in [3.63, 3.8) is 0 Å². The third kappa shape index (κ3) is 2.17. The number of aromatic nitrogens is 1. The van der Waals surface area contributed by atoms with Gasteiger partial charge < -0.3 is 10.3 Å². The Balaban J connectivity index is 2.64. The van der Waals surface area contributed by atoms with Gasteiger partial charge in [-0.25, -0.2) is 0 Å². The lowest BCUT2D eigenvalue weighted by molar-refractivity contribution is 0.448. The van der Waals surface area contributed by atoms with Crippen molar-refractivity contribution in [3.05, 3.63) is 35.5 Å². The van der Waals surface area contributed by atoms with Crippen molar-refractivity contribution in [2.24, 2.45) is 0 Å². The summed E-state index contributed by atoms with van der Waals surface area (Å²) < 4.78 is 0. The van der Waals surface area contributed by atoms with E-state index in [9.17, 15) is 0 Å². The third-order valence-electron chi connectivity index (χ3n) is 3.85. The van der Waals surface area contributed by atoms with Gasteiger partial charge in [0.1, 0.15) is 0 Å². The van der Waals surface area contributed by atoms with E-state index in [1.54, 1.807) is 0 Å². The molecule has 2 heteroatoms. The highest BCUT2D eigenvalue weighted by atomic mass is 14.9. The van der Waals surface area contributed by atoms with E-state index in [0.29, 0.717) is 0 Å². The maximum atomic E-state index is 3.37. The van der Waals surface area contributed by atoms with Gasteiger partial charge in [-0.3, -0.25) is 0 Å². The highest BCUT2D eigenvalue weighted by Gasteiger charge is 2.23. The fraction of sp³-hybridized carbons (Fsp3) is 0.500. The van der Waals surface area contributed by atoms with Gasteiger partial charge in [0.2, 0.25) is 0 Å². The van der Waals surface area contributed by atoms with Crippen molar-refractivity contribution in [1.29, 1.82) is 0 Å². The van der Waals surface area contributed by atoms with Gasteiger partial charge in [-0.05, 0) is 49.6 Å². The Kier molecular flexibility index (Phi) is 3.02. The van der Waals surface area contributed by atoms with Crippen molar-refractivity contribution < 1.29 is 0 Å². The molecule has 2 N–H and O–H groups in total. The number of hydrogen-bond donors (Lipinski definition) is 2. The number of benzene rings is 1. The lowest BCUT2D eigenvalue weighted by Crippen LogP contribution is -2.32. The third-order valence-corrected chi connectivity index (χ3v) is 3.85. The van der Waals surface area contributed by atoms with Gasteiger partial charge in [0.25, 0.3) is 0 Å². The predicted molar refractivity (Wildman–Crippen MR) is 79.1 cm³/mol.